The SMILES string of the molecule is OCCc1ccccc1OCc1csc2ccccc12. The lowest BCUT2D eigenvalue weighted by Crippen LogP contribution is -1.99. The van der Waals surface area contributed by atoms with E-state index in [1.807, 2.05) is 24.3 Å². The molecule has 0 aliphatic heterocycles. The molecular weight excluding hydrogens is 268 g/mol. The highest BCUT2D eigenvalue weighted by Gasteiger charge is 2.06. The molecule has 0 radical (unpaired) electrons. The quantitative estimate of drug-likeness (QED) is 0.767. The second-order valence-corrected chi connectivity index (χ2v) is 5.54. The molecule has 3 heteroatoms. The monoisotopic (exact) mass is 284 g/mol. The van der Waals surface area contributed by atoms with Crippen LogP contribution in [0.4, 0.5) is 0 Å². The van der Waals surface area contributed by atoms with Crippen LogP contribution in [0.1, 0.15) is 11.1 Å². The van der Waals surface area contributed by atoms with Gasteiger partial charge in [0.05, 0.1) is 0 Å². The fourth-order valence-corrected chi connectivity index (χ4v) is 3.22. The molecule has 3 aromatic rings. The Kier molecular flexibility index (Phi) is 4.00. The normalized spacial score (nSPS) is 10.8. The zero-order valence-electron chi connectivity index (χ0n) is 11.1. The molecule has 3 rings (SSSR count). The molecule has 1 N–H and O–H groups in total. The van der Waals surface area contributed by atoms with E-state index in [0.717, 1.165) is 11.3 Å². The highest BCUT2D eigenvalue weighted by Crippen LogP contribution is 2.27. The van der Waals surface area contributed by atoms with Crippen LogP contribution in [0.3, 0.4) is 0 Å². The van der Waals surface area contributed by atoms with E-state index in [1.54, 1.807) is 11.3 Å². The van der Waals surface area contributed by atoms with Crippen molar-refractivity contribution >= 4 is 21.4 Å². The topological polar surface area (TPSA) is 29.5 Å². The summed E-state index contributed by atoms with van der Waals surface area (Å²) in [5.41, 5.74) is 2.26. The van der Waals surface area contributed by atoms with Gasteiger partial charge in [-0.1, -0.05) is 36.4 Å². The smallest absolute Gasteiger partial charge is 0.123 e. The van der Waals surface area contributed by atoms with Crippen molar-refractivity contribution in [3.63, 3.8) is 0 Å². The first-order chi connectivity index (χ1) is 9.88. The first-order valence-corrected chi connectivity index (χ1v) is 7.53. The summed E-state index contributed by atoms with van der Waals surface area (Å²) in [7, 11) is 0. The molecule has 2 nitrogen and oxygen atoms in total. The molecule has 2 aromatic carbocycles. The summed E-state index contributed by atoms with van der Waals surface area (Å²) in [5, 5.41) is 12.5. The van der Waals surface area contributed by atoms with E-state index in [-0.39, 0.29) is 6.61 Å². The van der Waals surface area contributed by atoms with Gasteiger partial charge in [-0.25, -0.2) is 0 Å². The molecule has 0 aliphatic rings. The zero-order chi connectivity index (χ0) is 13.8. The van der Waals surface area contributed by atoms with Crippen LogP contribution in [0.2, 0.25) is 0 Å². The van der Waals surface area contributed by atoms with Crippen LogP contribution < -0.4 is 4.74 Å². The Labute approximate surface area is 122 Å². The van der Waals surface area contributed by atoms with Gasteiger partial charge in [0.25, 0.3) is 0 Å². The number of aliphatic hydroxyl groups excluding tert-OH is 1. The Morgan fingerprint density at radius 1 is 0.950 bits per heavy atom. The van der Waals surface area contributed by atoms with Gasteiger partial charge in [-0.15, -0.1) is 11.3 Å². The lowest BCUT2D eigenvalue weighted by atomic mass is 10.1. The van der Waals surface area contributed by atoms with Crippen molar-refractivity contribution in [2.24, 2.45) is 0 Å². The van der Waals surface area contributed by atoms with Crippen LogP contribution >= 0.6 is 11.3 Å². The van der Waals surface area contributed by atoms with E-state index in [0.29, 0.717) is 13.0 Å². The Morgan fingerprint density at radius 2 is 1.75 bits per heavy atom. The van der Waals surface area contributed by atoms with Crippen LogP contribution in [-0.2, 0) is 13.0 Å². The molecule has 102 valence electrons. The largest absolute Gasteiger partial charge is 0.489 e. The number of aliphatic hydroxyl groups is 1. The number of para-hydroxylation sites is 1. The number of thiophene rings is 1. The van der Waals surface area contributed by atoms with Crippen molar-refractivity contribution in [2.75, 3.05) is 6.61 Å². The maximum Gasteiger partial charge on any atom is 0.123 e. The molecule has 20 heavy (non-hydrogen) atoms. The third kappa shape index (κ3) is 2.69. The fourth-order valence-electron chi connectivity index (χ4n) is 2.27. The van der Waals surface area contributed by atoms with Gasteiger partial charge in [0.2, 0.25) is 0 Å². The molecule has 0 saturated heterocycles. The summed E-state index contributed by atoms with van der Waals surface area (Å²) in [6.07, 6.45) is 0.626. The first kappa shape index (κ1) is 13.2. The molecule has 1 heterocycles. The number of hydrogen-bond acceptors (Lipinski definition) is 3. The Morgan fingerprint density at radius 3 is 2.65 bits per heavy atom. The van der Waals surface area contributed by atoms with Gasteiger partial charge in [0, 0.05) is 16.9 Å². The van der Waals surface area contributed by atoms with Crippen molar-refractivity contribution < 1.29 is 9.84 Å². The average Bonchev–Trinajstić information content (AvgIpc) is 2.90. The Hall–Kier alpha value is -1.84. The van der Waals surface area contributed by atoms with Gasteiger partial charge >= 0.3 is 0 Å². The molecule has 0 aliphatic carbocycles. The molecule has 0 saturated carbocycles. The highest BCUT2D eigenvalue weighted by atomic mass is 32.1. The van der Waals surface area contributed by atoms with E-state index in [2.05, 4.69) is 29.6 Å². The molecule has 0 fully saturated rings. The Bertz CT molecular complexity index is 703. The molecule has 0 bridgehead atoms. The number of fused-ring (bicyclic) bond motifs is 1. The summed E-state index contributed by atoms with van der Waals surface area (Å²) >= 11 is 1.74. The summed E-state index contributed by atoms with van der Waals surface area (Å²) in [6.45, 7) is 0.703. The van der Waals surface area contributed by atoms with Crippen LogP contribution in [0.25, 0.3) is 10.1 Å². The highest BCUT2D eigenvalue weighted by molar-refractivity contribution is 7.17. The third-order valence-corrected chi connectivity index (χ3v) is 4.31. The number of hydrogen-bond donors (Lipinski definition) is 1. The van der Waals surface area contributed by atoms with Gasteiger partial charge in [0.1, 0.15) is 12.4 Å². The van der Waals surface area contributed by atoms with Gasteiger partial charge in [-0.3, -0.25) is 0 Å². The average molecular weight is 284 g/mol. The molecule has 0 unspecified atom stereocenters. The van der Waals surface area contributed by atoms with Gasteiger partial charge in [0.15, 0.2) is 0 Å². The second-order valence-electron chi connectivity index (χ2n) is 4.63. The van der Waals surface area contributed by atoms with Gasteiger partial charge in [-0.2, -0.15) is 0 Å². The van der Waals surface area contributed by atoms with Crippen molar-refractivity contribution in [1.82, 2.24) is 0 Å². The van der Waals surface area contributed by atoms with Crippen LogP contribution in [0.15, 0.2) is 53.9 Å². The summed E-state index contributed by atoms with van der Waals surface area (Å²) in [6, 6.07) is 16.3. The van der Waals surface area contributed by atoms with Crippen LogP contribution in [-0.4, -0.2) is 11.7 Å². The second kappa shape index (κ2) is 6.07. The van der Waals surface area contributed by atoms with E-state index in [9.17, 15) is 0 Å². The molecule has 0 atom stereocenters. The van der Waals surface area contributed by atoms with Crippen molar-refractivity contribution in [1.29, 1.82) is 0 Å². The third-order valence-electron chi connectivity index (χ3n) is 3.30. The maximum absolute atomic E-state index is 9.08. The molecular formula is C17H16O2S. The minimum Gasteiger partial charge on any atom is -0.489 e. The zero-order valence-corrected chi connectivity index (χ0v) is 11.9. The first-order valence-electron chi connectivity index (χ1n) is 6.65. The summed E-state index contributed by atoms with van der Waals surface area (Å²) in [5.74, 6) is 0.858. The lowest BCUT2D eigenvalue weighted by molar-refractivity contribution is 0.284. The predicted octanol–water partition coefficient (Wildman–Crippen LogP) is 4.02. The number of benzene rings is 2. The minimum absolute atomic E-state index is 0.141. The van der Waals surface area contributed by atoms with E-state index < -0.39 is 0 Å². The predicted molar refractivity (Wildman–Crippen MR) is 83.4 cm³/mol. The van der Waals surface area contributed by atoms with E-state index in [1.165, 1.54) is 15.6 Å². The summed E-state index contributed by atoms with van der Waals surface area (Å²) < 4.78 is 7.22. The van der Waals surface area contributed by atoms with E-state index in [4.69, 9.17) is 9.84 Å². The van der Waals surface area contributed by atoms with Crippen molar-refractivity contribution in [3.8, 4) is 5.75 Å². The number of rotatable bonds is 5. The molecule has 0 amide bonds. The van der Waals surface area contributed by atoms with Crippen molar-refractivity contribution in [3.05, 3.63) is 65.0 Å². The molecule has 1 aromatic heterocycles. The van der Waals surface area contributed by atoms with Crippen molar-refractivity contribution in [2.45, 2.75) is 13.0 Å². The minimum atomic E-state index is 0.141. The standard InChI is InChI=1S/C17H16O2S/c18-10-9-13-5-1-3-7-16(13)19-11-14-12-20-17-8-4-2-6-15(14)17/h1-8,12,18H,9-11H2. The van der Waals surface area contributed by atoms with Crippen LogP contribution in [0, 0.1) is 0 Å². The molecule has 0 spiro atoms. The maximum atomic E-state index is 9.08. The van der Waals surface area contributed by atoms with Gasteiger partial charge in [-0.05, 0) is 34.9 Å². The Balaban J connectivity index is 1.80. The van der Waals surface area contributed by atoms with E-state index >= 15 is 0 Å². The van der Waals surface area contributed by atoms with Crippen LogP contribution in [0.5, 0.6) is 5.75 Å². The fraction of sp³-hybridized carbons (Fsp3) is 0.176. The number of ether oxygens (including phenoxy) is 1. The lowest BCUT2D eigenvalue weighted by Gasteiger charge is -2.10. The summed E-state index contributed by atoms with van der Waals surface area (Å²) in [4.78, 5) is 0. The van der Waals surface area contributed by atoms with Gasteiger partial charge < -0.3 is 9.84 Å².